The van der Waals surface area contributed by atoms with Crippen LogP contribution in [-0.2, 0) is 4.74 Å². The molecule has 60 valence electrons. The van der Waals surface area contributed by atoms with E-state index < -0.39 is 0 Å². The Morgan fingerprint density at radius 3 is 3.00 bits per heavy atom. The highest BCUT2D eigenvalue weighted by atomic mass is 19.1. The average molecular weight is 147 g/mol. The number of hydrogen-bond donors (Lipinski definition) is 0. The number of methoxy groups -OCH3 is 1. The quantitative estimate of drug-likeness (QED) is 0.582. The van der Waals surface area contributed by atoms with Crippen molar-refractivity contribution in [2.24, 2.45) is 0 Å². The fraction of sp³-hybridized carbons (Fsp3) is 1.00. The third kappa shape index (κ3) is 1.92. The summed E-state index contributed by atoms with van der Waals surface area (Å²) in [6.07, 6.45) is 1.39. The summed E-state index contributed by atoms with van der Waals surface area (Å²) >= 11 is 0. The number of rotatable bonds is 3. The van der Waals surface area contributed by atoms with Crippen LogP contribution in [0.2, 0.25) is 0 Å². The first kappa shape index (κ1) is 7.95. The van der Waals surface area contributed by atoms with Crippen LogP contribution in [0.3, 0.4) is 0 Å². The Bertz CT molecular complexity index is 99.6. The molecule has 10 heavy (non-hydrogen) atoms. The third-order valence-electron chi connectivity index (χ3n) is 1.96. The molecule has 1 fully saturated rings. The summed E-state index contributed by atoms with van der Waals surface area (Å²) in [7, 11) is 1.71. The van der Waals surface area contributed by atoms with E-state index in [1.165, 1.54) is 0 Å². The number of likely N-dealkylation sites (tertiary alicyclic amines) is 1. The lowest BCUT2D eigenvalue weighted by Gasteiger charge is -2.12. The molecular formula is C7H14FNO. The van der Waals surface area contributed by atoms with Crippen molar-refractivity contribution in [2.75, 3.05) is 33.4 Å². The SMILES string of the molecule is COC1CCN(CCF)C1. The molecule has 1 aliphatic heterocycles. The molecule has 1 heterocycles. The second-order valence-electron chi connectivity index (χ2n) is 2.64. The van der Waals surface area contributed by atoms with E-state index in [1.807, 2.05) is 0 Å². The highest BCUT2D eigenvalue weighted by Gasteiger charge is 2.20. The number of halogens is 1. The maximum absolute atomic E-state index is 11.8. The predicted octanol–water partition coefficient (Wildman–Crippen LogP) is 0.677. The molecule has 0 saturated carbocycles. The molecule has 0 aliphatic carbocycles. The maximum Gasteiger partial charge on any atom is 0.102 e. The minimum atomic E-state index is -0.240. The minimum Gasteiger partial charge on any atom is -0.380 e. The highest BCUT2D eigenvalue weighted by molar-refractivity contribution is 4.74. The molecule has 0 aromatic carbocycles. The normalized spacial score (nSPS) is 27.6. The Hall–Kier alpha value is -0.150. The van der Waals surface area contributed by atoms with E-state index in [4.69, 9.17) is 4.74 Å². The van der Waals surface area contributed by atoms with Gasteiger partial charge in [0.05, 0.1) is 6.10 Å². The maximum atomic E-state index is 11.8. The second-order valence-corrected chi connectivity index (χ2v) is 2.64. The van der Waals surface area contributed by atoms with Crippen LogP contribution in [0.1, 0.15) is 6.42 Å². The first-order chi connectivity index (χ1) is 4.86. The standard InChI is InChI=1S/C7H14FNO/c1-10-7-2-4-9(6-7)5-3-8/h7H,2-6H2,1H3. The van der Waals surface area contributed by atoms with E-state index in [-0.39, 0.29) is 6.67 Å². The number of hydrogen-bond acceptors (Lipinski definition) is 2. The molecule has 0 spiro atoms. The van der Waals surface area contributed by atoms with Crippen LogP contribution in [0.25, 0.3) is 0 Å². The molecule has 1 atom stereocenters. The summed E-state index contributed by atoms with van der Waals surface area (Å²) in [5.41, 5.74) is 0. The van der Waals surface area contributed by atoms with Crippen LogP contribution >= 0.6 is 0 Å². The number of ether oxygens (including phenoxy) is 1. The van der Waals surface area contributed by atoms with Crippen LogP contribution < -0.4 is 0 Å². The van der Waals surface area contributed by atoms with E-state index >= 15 is 0 Å². The van der Waals surface area contributed by atoms with Crippen LogP contribution in [0.4, 0.5) is 4.39 Å². The van der Waals surface area contributed by atoms with Gasteiger partial charge in [0.15, 0.2) is 0 Å². The fourth-order valence-electron chi connectivity index (χ4n) is 1.31. The van der Waals surface area contributed by atoms with Crippen LogP contribution in [0.15, 0.2) is 0 Å². The van der Waals surface area contributed by atoms with Gasteiger partial charge in [-0.25, -0.2) is 4.39 Å². The molecule has 0 aromatic rings. The zero-order valence-corrected chi connectivity index (χ0v) is 6.35. The van der Waals surface area contributed by atoms with Crippen molar-refractivity contribution in [1.82, 2.24) is 4.90 Å². The van der Waals surface area contributed by atoms with Crippen molar-refractivity contribution in [2.45, 2.75) is 12.5 Å². The minimum absolute atomic E-state index is 0.240. The Labute approximate surface area is 61.0 Å². The van der Waals surface area contributed by atoms with Crippen molar-refractivity contribution < 1.29 is 9.13 Å². The van der Waals surface area contributed by atoms with Gasteiger partial charge in [-0.2, -0.15) is 0 Å². The summed E-state index contributed by atoms with van der Waals surface area (Å²) in [6.45, 7) is 2.22. The summed E-state index contributed by atoms with van der Waals surface area (Å²) in [6, 6.07) is 0. The monoisotopic (exact) mass is 147 g/mol. The zero-order chi connectivity index (χ0) is 7.40. The molecule has 1 aliphatic rings. The third-order valence-corrected chi connectivity index (χ3v) is 1.96. The molecule has 1 unspecified atom stereocenters. The smallest absolute Gasteiger partial charge is 0.102 e. The van der Waals surface area contributed by atoms with Gasteiger partial charge in [-0.1, -0.05) is 0 Å². The molecule has 0 N–H and O–H groups in total. The van der Waals surface area contributed by atoms with E-state index in [0.717, 1.165) is 19.5 Å². The summed E-state index contributed by atoms with van der Waals surface area (Å²) in [5.74, 6) is 0. The Kier molecular flexibility index (Phi) is 3.09. The summed E-state index contributed by atoms with van der Waals surface area (Å²) < 4.78 is 16.9. The van der Waals surface area contributed by atoms with Crippen molar-refractivity contribution in [1.29, 1.82) is 0 Å². The van der Waals surface area contributed by atoms with Gasteiger partial charge in [-0.05, 0) is 6.42 Å². The van der Waals surface area contributed by atoms with E-state index in [9.17, 15) is 4.39 Å². The van der Waals surface area contributed by atoms with Gasteiger partial charge >= 0.3 is 0 Å². The van der Waals surface area contributed by atoms with Gasteiger partial charge in [-0.3, -0.25) is 4.90 Å². The van der Waals surface area contributed by atoms with Gasteiger partial charge in [0, 0.05) is 26.7 Å². The molecule has 3 heteroatoms. The van der Waals surface area contributed by atoms with Crippen LogP contribution in [0.5, 0.6) is 0 Å². The molecular weight excluding hydrogens is 133 g/mol. The molecule has 1 saturated heterocycles. The first-order valence-corrected chi connectivity index (χ1v) is 3.68. The highest BCUT2D eigenvalue weighted by Crippen LogP contribution is 2.10. The zero-order valence-electron chi connectivity index (χ0n) is 6.35. The largest absolute Gasteiger partial charge is 0.380 e. The Morgan fingerprint density at radius 1 is 1.70 bits per heavy atom. The second kappa shape index (κ2) is 3.88. The molecule has 0 bridgehead atoms. The predicted molar refractivity (Wildman–Crippen MR) is 37.8 cm³/mol. The molecule has 0 amide bonds. The van der Waals surface area contributed by atoms with E-state index in [2.05, 4.69) is 4.90 Å². The first-order valence-electron chi connectivity index (χ1n) is 3.68. The number of nitrogens with zero attached hydrogens (tertiary/aromatic N) is 1. The summed E-state index contributed by atoms with van der Waals surface area (Å²) in [4.78, 5) is 2.09. The van der Waals surface area contributed by atoms with Crippen molar-refractivity contribution >= 4 is 0 Å². The van der Waals surface area contributed by atoms with Crippen molar-refractivity contribution in [3.8, 4) is 0 Å². The van der Waals surface area contributed by atoms with Gasteiger partial charge in [-0.15, -0.1) is 0 Å². The Balaban J connectivity index is 2.15. The van der Waals surface area contributed by atoms with Crippen molar-refractivity contribution in [3.05, 3.63) is 0 Å². The lowest BCUT2D eigenvalue weighted by Crippen LogP contribution is -2.24. The van der Waals surface area contributed by atoms with Gasteiger partial charge in [0.2, 0.25) is 0 Å². The molecule has 2 nitrogen and oxygen atoms in total. The molecule has 0 radical (unpaired) electrons. The fourth-order valence-corrected chi connectivity index (χ4v) is 1.31. The Morgan fingerprint density at radius 2 is 2.50 bits per heavy atom. The van der Waals surface area contributed by atoms with E-state index in [0.29, 0.717) is 12.6 Å². The van der Waals surface area contributed by atoms with Gasteiger partial charge in [0.25, 0.3) is 0 Å². The van der Waals surface area contributed by atoms with Gasteiger partial charge < -0.3 is 4.74 Å². The summed E-state index contributed by atoms with van der Waals surface area (Å²) in [5, 5.41) is 0. The van der Waals surface area contributed by atoms with Gasteiger partial charge in [0.1, 0.15) is 6.67 Å². The van der Waals surface area contributed by atoms with Crippen molar-refractivity contribution in [3.63, 3.8) is 0 Å². The number of alkyl halides is 1. The lowest BCUT2D eigenvalue weighted by molar-refractivity contribution is 0.107. The molecule has 0 aromatic heterocycles. The molecule has 1 rings (SSSR count). The average Bonchev–Trinajstić information content (AvgIpc) is 2.37. The van der Waals surface area contributed by atoms with E-state index in [1.54, 1.807) is 7.11 Å². The van der Waals surface area contributed by atoms with Crippen LogP contribution in [-0.4, -0.2) is 44.4 Å². The lowest BCUT2D eigenvalue weighted by atomic mass is 10.3. The van der Waals surface area contributed by atoms with Crippen LogP contribution in [0, 0.1) is 0 Å². The topological polar surface area (TPSA) is 12.5 Å².